The number of aromatic nitrogens is 3. The molecule has 1 saturated heterocycles. The summed E-state index contributed by atoms with van der Waals surface area (Å²) in [6.07, 6.45) is 4.85. The molecular formula is C17H22N4O3. The minimum Gasteiger partial charge on any atom is -0.378 e. The second-order valence-corrected chi connectivity index (χ2v) is 6.05. The SMILES string of the molecule is Cc1cc(-c2cnc(C)nc2CCNC(=O)CC2CCCO2)on1. The Bertz CT molecular complexity index is 708. The first kappa shape index (κ1) is 16.6. The fraction of sp³-hybridized carbons (Fsp3) is 0.529. The molecule has 1 aliphatic heterocycles. The standard InChI is InChI=1S/C17H22N4O3/c1-11-8-16(24-21-11)14-10-19-12(2)20-15(14)5-6-18-17(22)9-13-4-3-7-23-13/h8,10,13H,3-7,9H2,1-2H3,(H,18,22). The monoisotopic (exact) mass is 330 g/mol. The molecule has 0 spiro atoms. The molecule has 3 rings (SSSR count). The maximum absolute atomic E-state index is 12.0. The Morgan fingerprint density at radius 2 is 2.29 bits per heavy atom. The van der Waals surface area contributed by atoms with Crippen LogP contribution >= 0.6 is 0 Å². The van der Waals surface area contributed by atoms with Gasteiger partial charge >= 0.3 is 0 Å². The number of carbonyl (C=O) groups excluding carboxylic acids is 1. The van der Waals surface area contributed by atoms with Crippen LogP contribution in [0.5, 0.6) is 0 Å². The van der Waals surface area contributed by atoms with Crippen molar-refractivity contribution in [2.45, 2.75) is 45.6 Å². The first-order valence-electron chi connectivity index (χ1n) is 8.26. The van der Waals surface area contributed by atoms with Gasteiger partial charge in [0.1, 0.15) is 5.82 Å². The van der Waals surface area contributed by atoms with Gasteiger partial charge in [0, 0.05) is 31.8 Å². The average molecular weight is 330 g/mol. The second kappa shape index (κ2) is 7.53. The summed E-state index contributed by atoms with van der Waals surface area (Å²) in [5.74, 6) is 1.36. The van der Waals surface area contributed by atoms with E-state index in [1.807, 2.05) is 19.9 Å². The molecule has 0 radical (unpaired) electrons. The van der Waals surface area contributed by atoms with Crippen LogP contribution < -0.4 is 5.32 Å². The van der Waals surface area contributed by atoms with Crippen molar-refractivity contribution in [3.63, 3.8) is 0 Å². The third kappa shape index (κ3) is 4.17. The molecule has 7 heteroatoms. The van der Waals surface area contributed by atoms with Crippen molar-refractivity contribution in [2.24, 2.45) is 0 Å². The molecule has 7 nitrogen and oxygen atoms in total. The number of amides is 1. The van der Waals surface area contributed by atoms with Gasteiger partial charge in [-0.15, -0.1) is 0 Å². The zero-order valence-electron chi connectivity index (χ0n) is 14.0. The number of nitrogens with zero attached hydrogens (tertiary/aromatic N) is 3. The van der Waals surface area contributed by atoms with Gasteiger partial charge in [0.05, 0.1) is 29.5 Å². The highest BCUT2D eigenvalue weighted by Gasteiger charge is 2.19. The van der Waals surface area contributed by atoms with Crippen LogP contribution in [0.15, 0.2) is 16.8 Å². The summed E-state index contributed by atoms with van der Waals surface area (Å²) < 4.78 is 10.8. The fourth-order valence-corrected chi connectivity index (χ4v) is 2.81. The number of hydrogen-bond acceptors (Lipinski definition) is 6. The van der Waals surface area contributed by atoms with Crippen LogP contribution in [0.25, 0.3) is 11.3 Å². The zero-order chi connectivity index (χ0) is 16.9. The summed E-state index contributed by atoms with van der Waals surface area (Å²) in [6, 6.07) is 1.85. The van der Waals surface area contributed by atoms with E-state index in [2.05, 4.69) is 20.4 Å². The zero-order valence-corrected chi connectivity index (χ0v) is 14.0. The van der Waals surface area contributed by atoms with E-state index in [0.29, 0.717) is 31.0 Å². The third-order valence-electron chi connectivity index (χ3n) is 4.00. The largest absolute Gasteiger partial charge is 0.378 e. The molecule has 2 aromatic rings. The quantitative estimate of drug-likeness (QED) is 0.871. The number of hydrogen-bond donors (Lipinski definition) is 1. The average Bonchev–Trinajstić information content (AvgIpc) is 3.19. The Kier molecular flexibility index (Phi) is 5.20. The van der Waals surface area contributed by atoms with Crippen LogP contribution in [0.2, 0.25) is 0 Å². The smallest absolute Gasteiger partial charge is 0.222 e. The molecular weight excluding hydrogens is 308 g/mol. The van der Waals surface area contributed by atoms with Crippen LogP contribution in [0, 0.1) is 13.8 Å². The maximum Gasteiger partial charge on any atom is 0.222 e. The molecule has 128 valence electrons. The number of ether oxygens (including phenoxy) is 1. The lowest BCUT2D eigenvalue weighted by Crippen LogP contribution is -2.29. The predicted octanol–water partition coefficient (Wildman–Crippen LogP) is 1.98. The number of carbonyl (C=O) groups is 1. The summed E-state index contributed by atoms with van der Waals surface area (Å²) in [5, 5.41) is 6.84. The molecule has 2 aromatic heterocycles. The molecule has 0 aromatic carbocycles. The first-order valence-corrected chi connectivity index (χ1v) is 8.26. The van der Waals surface area contributed by atoms with E-state index in [4.69, 9.17) is 9.26 Å². The summed E-state index contributed by atoms with van der Waals surface area (Å²) in [4.78, 5) is 20.7. The molecule has 1 N–H and O–H groups in total. The van der Waals surface area contributed by atoms with E-state index in [9.17, 15) is 4.79 Å². The molecule has 24 heavy (non-hydrogen) atoms. The normalized spacial score (nSPS) is 17.2. The topological polar surface area (TPSA) is 90.1 Å². The van der Waals surface area contributed by atoms with Gasteiger partial charge in [-0.25, -0.2) is 9.97 Å². The lowest BCUT2D eigenvalue weighted by molar-refractivity contribution is -0.123. The van der Waals surface area contributed by atoms with Gasteiger partial charge in [-0.2, -0.15) is 0 Å². The summed E-state index contributed by atoms with van der Waals surface area (Å²) in [5.41, 5.74) is 2.46. The van der Waals surface area contributed by atoms with Crippen LogP contribution in [0.3, 0.4) is 0 Å². The number of nitrogens with one attached hydrogen (secondary N) is 1. The van der Waals surface area contributed by atoms with Crippen LogP contribution in [-0.4, -0.2) is 40.3 Å². The van der Waals surface area contributed by atoms with E-state index < -0.39 is 0 Å². The van der Waals surface area contributed by atoms with Gasteiger partial charge < -0.3 is 14.6 Å². The molecule has 1 aliphatic rings. The Labute approximate surface area is 140 Å². The van der Waals surface area contributed by atoms with Crippen molar-refractivity contribution < 1.29 is 14.1 Å². The van der Waals surface area contributed by atoms with E-state index in [1.165, 1.54) is 0 Å². The van der Waals surface area contributed by atoms with E-state index in [1.54, 1.807) is 6.20 Å². The first-order chi connectivity index (χ1) is 11.6. The van der Waals surface area contributed by atoms with Gasteiger partial charge in [0.15, 0.2) is 5.76 Å². The van der Waals surface area contributed by atoms with Gasteiger partial charge in [0.2, 0.25) is 5.91 Å². The Balaban J connectivity index is 1.60. The lowest BCUT2D eigenvalue weighted by atomic mass is 10.1. The second-order valence-electron chi connectivity index (χ2n) is 6.05. The van der Waals surface area contributed by atoms with Gasteiger partial charge in [-0.3, -0.25) is 4.79 Å². The minimum absolute atomic E-state index is 0.0183. The molecule has 0 aliphatic carbocycles. The number of rotatable bonds is 6. The van der Waals surface area contributed by atoms with Crippen molar-refractivity contribution in [2.75, 3.05) is 13.2 Å². The van der Waals surface area contributed by atoms with Gasteiger partial charge in [-0.1, -0.05) is 5.16 Å². The summed E-state index contributed by atoms with van der Waals surface area (Å²) >= 11 is 0. The highest BCUT2D eigenvalue weighted by atomic mass is 16.5. The fourth-order valence-electron chi connectivity index (χ4n) is 2.81. The van der Waals surface area contributed by atoms with Crippen LogP contribution in [0.1, 0.15) is 36.5 Å². The van der Waals surface area contributed by atoms with Crippen molar-refractivity contribution in [3.05, 3.63) is 29.5 Å². The molecule has 1 atom stereocenters. The molecule has 3 heterocycles. The molecule has 1 fully saturated rings. The van der Waals surface area contributed by atoms with Crippen molar-refractivity contribution in [3.8, 4) is 11.3 Å². The minimum atomic E-state index is 0.0183. The summed E-state index contributed by atoms with van der Waals surface area (Å²) in [7, 11) is 0. The van der Waals surface area contributed by atoms with Gasteiger partial charge in [0.25, 0.3) is 0 Å². The lowest BCUT2D eigenvalue weighted by Gasteiger charge is -2.10. The maximum atomic E-state index is 12.0. The van der Waals surface area contributed by atoms with Crippen molar-refractivity contribution in [1.29, 1.82) is 0 Å². The van der Waals surface area contributed by atoms with Crippen molar-refractivity contribution >= 4 is 5.91 Å². The predicted molar refractivity (Wildman–Crippen MR) is 87.3 cm³/mol. The Morgan fingerprint density at radius 3 is 3.00 bits per heavy atom. The molecule has 0 saturated carbocycles. The van der Waals surface area contributed by atoms with E-state index in [-0.39, 0.29) is 12.0 Å². The molecule has 0 bridgehead atoms. The molecule has 1 amide bonds. The Morgan fingerprint density at radius 1 is 1.42 bits per heavy atom. The van der Waals surface area contributed by atoms with Crippen LogP contribution in [-0.2, 0) is 16.0 Å². The van der Waals surface area contributed by atoms with Gasteiger partial charge in [-0.05, 0) is 26.7 Å². The van der Waals surface area contributed by atoms with Crippen molar-refractivity contribution in [1.82, 2.24) is 20.4 Å². The highest BCUT2D eigenvalue weighted by Crippen LogP contribution is 2.23. The number of aryl methyl sites for hydroxylation is 2. The van der Waals surface area contributed by atoms with Crippen LogP contribution in [0.4, 0.5) is 0 Å². The molecule has 1 unspecified atom stereocenters. The van der Waals surface area contributed by atoms with E-state index >= 15 is 0 Å². The highest BCUT2D eigenvalue weighted by molar-refractivity contribution is 5.76. The summed E-state index contributed by atoms with van der Waals surface area (Å²) in [6.45, 7) is 4.99. The third-order valence-corrected chi connectivity index (χ3v) is 4.00. The Hall–Kier alpha value is -2.28. The van der Waals surface area contributed by atoms with E-state index in [0.717, 1.165) is 36.4 Å².